The van der Waals surface area contributed by atoms with E-state index in [1.165, 1.54) is 0 Å². The third-order valence-corrected chi connectivity index (χ3v) is 3.55. The molecule has 0 saturated carbocycles. The molecule has 2 rings (SSSR count). The van der Waals surface area contributed by atoms with E-state index in [4.69, 9.17) is 5.73 Å². The van der Waals surface area contributed by atoms with Gasteiger partial charge in [0.2, 0.25) is 0 Å². The van der Waals surface area contributed by atoms with Crippen molar-refractivity contribution in [2.24, 2.45) is 5.73 Å². The van der Waals surface area contributed by atoms with Crippen molar-refractivity contribution in [1.29, 1.82) is 0 Å². The number of nitrogens with zero attached hydrogens (tertiary/aromatic N) is 1. The summed E-state index contributed by atoms with van der Waals surface area (Å²) in [6.45, 7) is 3.89. The molecule has 1 unspecified atom stereocenters. The number of pyridine rings is 1. The van der Waals surface area contributed by atoms with Gasteiger partial charge in [-0.25, -0.2) is 0 Å². The summed E-state index contributed by atoms with van der Waals surface area (Å²) in [7, 11) is -0.603. The first-order valence-corrected chi connectivity index (χ1v) is 7.23. The first kappa shape index (κ1) is 15.0. The zero-order valence-electron chi connectivity index (χ0n) is 10.8. The first-order chi connectivity index (χ1) is 8.43. The lowest BCUT2D eigenvalue weighted by Crippen LogP contribution is -2.17. The summed E-state index contributed by atoms with van der Waals surface area (Å²) in [6, 6.07) is 3.66. The van der Waals surface area contributed by atoms with Gasteiger partial charge >= 0.3 is 0 Å². The molecule has 4 nitrogen and oxygen atoms in total. The van der Waals surface area contributed by atoms with Gasteiger partial charge in [0.25, 0.3) is 0 Å². The van der Waals surface area contributed by atoms with Crippen LogP contribution in [0.2, 0.25) is 0 Å². The summed E-state index contributed by atoms with van der Waals surface area (Å²) in [5, 5.41) is 11.4. The minimum atomic E-state index is -0.884. The van der Waals surface area contributed by atoms with Crippen molar-refractivity contribution in [3.8, 4) is 0 Å². The topological polar surface area (TPSA) is 76.2 Å². The molecule has 0 bridgehead atoms. The highest BCUT2D eigenvalue weighted by Crippen LogP contribution is 2.17. The molecule has 3 N–H and O–H groups in total. The van der Waals surface area contributed by atoms with Crippen molar-refractivity contribution in [2.75, 3.05) is 5.75 Å². The Bertz CT molecular complexity index is 439. The normalized spacial score (nSPS) is 18.3. The van der Waals surface area contributed by atoms with Crippen molar-refractivity contribution in [3.05, 3.63) is 41.1 Å². The van der Waals surface area contributed by atoms with Crippen LogP contribution in [0.25, 0.3) is 0 Å². The maximum atomic E-state index is 10.3. The van der Waals surface area contributed by atoms with Gasteiger partial charge in [-0.05, 0) is 43.4 Å². The van der Waals surface area contributed by atoms with Crippen molar-refractivity contribution in [2.45, 2.75) is 32.4 Å². The lowest BCUT2D eigenvalue weighted by Gasteiger charge is -2.16. The fourth-order valence-corrected chi connectivity index (χ4v) is 2.22. The predicted molar refractivity (Wildman–Crippen MR) is 74.1 cm³/mol. The molecule has 1 aliphatic heterocycles. The smallest absolute Gasteiger partial charge is 0.101 e. The Morgan fingerprint density at radius 3 is 2.67 bits per heavy atom. The van der Waals surface area contributed by atoms with Gasteiger partial charge in [-0.15, -0.1) is 0 Å². The van der Waals surface area contributed by atoms with Gasteiger partial charge in [0.1, 0.15) is 5.60 Å². The molecule has 0 amide bonds. The first-order valence-electron chi connectivity index (χ1n) is 5.85. The van der Waals surface area contributed by atoms with E-state index in [0.29, 0.717) is 12.2 Å². The number of rotatable bonds is 2. The minimum Gasteiger partial charge on any atom is -0.384 e. The lowest BCUT2D eigenvalue weighted by molar-refractivity contribution is 0.0737. The molecule has 18 heavy (non-hydrogen) atoms. The molecule has 0 radical (unpaired) electrons. The highest BCUT2D eigenvalue weighted by Gasteiger charge is 2.17. The SMILES string of the molecule is CC(C)(O)c1cc(CN)ccn1.O=S1C=CCC1. The van der Waals surface area contributed by atoms with Crippen LogP contribution in [0.4, 0.5) is 0 Å². The Hall–Kier alpha value is -1.04. The van der Waals surface area contributed by atoms with Crippen LogP contribution in [0, 0.1) is 0 Å². The van der Waals surface area contributed by atoms with Crippen molar-refractivity contribution in [3.63, 3.8) is 0 Å². The molecule has 1 aromatic heterocycles. The molecule has 0 spiro atoms. The lowest BCUT2D eigenvalue weighted by atomic mass is 10.0. The van der Waals surface area contributed by atoms with Gasteiger partial charge in [-0.1, -0.05) is 6.08 Å². The second-order valence-corrected chi connectivity index (χ2v) is 6.00. The van der Waals surface area contributed by atoms with E-state index in [1.54, 1.807) is 25.5 Å². The number of nitrogens with two attached hydrogens (primary N) is 1. The van der Waals surface area contributed by atoms with Crippen LogP contribution in [0.5, 0.6) is 0 Å². The van der Waals surface area contributed by atoms with Crippen molar-refractivity contribution < 1.29 is 9.32 Å². The van der Waals surface area contributed by atoms with Gasteiger partial charge in [0, 0.05) is 29.3 Å². The molecule has 0 saturated heterocycles. The minimum absolute atomic E-state index is 0.478. The van der Waals surface area contributed by atoms with Gasteiger partial charge in [0.05, 0.1) is 5.69 Å². The molecule has 5 heteroatoms. The van der Waals surface area contributed by atoms with Gasteiger partial charge in [-0.3, -0.25) is 9.19 Å². The van der Waals surface area contributed by atoms with Gasteiger partial charge in [-0.2, -0.15) is 0 Å². The Morgan fingerprint density at radius 2 is 2.28 bits per heavy atom. The quantitative estimate of drug-likeness (QED) is 0.850. The highest BCUT2D eigenvalue weighted by molar-refractivity contribution is 7.88. The number of hydrogen-bond acceptors (Lipinski definition) is 4. The summed E-state index contributed by atoms with van der Waals surface area (Å²) < 4.78 is 10.3. The van der Waals surface area contributed by atoms with E-state index in [1.807, 2.05) is 18.2 Å². The van der Waals surface area contributed by atoms with E-state index >= 15 is 0 Å². The third kappa shape index (κ3) is 5.08. The molecule has 0 fully saturated rings. The predicted octanol–water partition coefficient (Wildman–Crippen LogP) is 1.42. The molecular weight excluding hydrogens is 248 g/mol. The van der Waals surface area contributed by atoms with E-state index in [-0.39, 0.29) is 0 Å². The maximum Gasteiger partial charge on any atom is 0.101 e. The zero-order chi connectivity index (χ0) is 13.6. The summed E-state index contributed by atoms with van der Waals surface area (Å²) in [4.78, 5) is 4.05. The molecule has 1 aliphatic rings. The molecule has 0 aliphatic carbocycles. The van der Waals surface area contributed by atoms with Crippen molar-refractivity contribution in [1.82, 2.24) is 4.98 Å². The Kier molecular flexibility index (Phi) is 5.65. The summed E-state index contributed by atoms with van der Waals surface area (Å²) in [5.41, 5.74) is 6.21. The van der Waals surface area contributed by atoms with Crippen LogP contribution >= 0.6 is 0 Å². The monoisotopic (exact) mass is 268 g/mol. The summed E-state index contributed by atoms with van der Waals surface area (Å²) in [6.07, 6.45) is 4.62. The van der Waals surface area contributed by atoms with Crippen LogP contribution in [0.15, 0.2) is 29.8 Å². The molecule has 100 valence electrons. The Balaban J connectivity index is 0.000000225. The molecular formula is C13H20N2O2S. The van der Waals surface area contributed by atoms with E-state index in [2.05, 4.69) is 4.98 Å². The second kappa shape index (κ2) is 6.78. The zero-order valence-corrected chi connectivity index (χ0v) is 11.6. The second-order valence-electron chi connectivity index (χ2n) is 4.56. The van der Waals surface area contributed by atoms with Crippen molar-refractivity contribution >= 4 is 10.8 Å². The van der Waals surface area contributed by atoms with Gasteiger partial charge in [0.15, 0.2) is 0 Å². The maximum absolute atomic E-state index is 10.3. The fourth-order valence-electron chi connectivity index (χ4n) is 1.36. The average molecular weight is 268 g/mol. The standard InChI is InChI=1S/C9H14N2O.C4H6OS/c1-9(2,12)8-5-7(6-10)3-4-11-8;5-6-3-1-2-4-6/h3-5,12H,6,10H2,1-2H3;1,3H,2,4H2. The van der Waals surface area contributed by atoms with Crippen LogP contribution in [-0.4, -0.2) is 20.1 Å². The van der Waals surface area contributed by atoms with E-state index < -0.39 is 16.4 Å². The van der Waals surface area contributed by atoms with E-state index in [0.717, 1.165) is 17.7 Å². The average Bonchev–Trinajstić information content (AvgIpc) is 2.80. The van der Waals surface area contributed by atoms with E-state index in [9.17, 15) is 9.32 Å². The molecule has 1 aromatic rings. The number of aliphatic hydroxyl groups is 1. The number of hydrogen-bond donors (Lipinski definition) is 2. The molecule has 2 heterocycles. The Morgan fingerprint density at radius 1 is 1.56 bits per heavy atom. The van der Waals surface area contributed by atoms with Crippen LogP contribution in [0.3, 0.4) is 0 Å². The molecule has 1 atom stereocenters. The summed E-state index contributed by atoms with van der Waals surface area (Å²) in [5.74, 6) is 0.847. The van der Waals surface area contributed by atoms with Crippen LogP contribution in [-0.2, 0) is 22.9 Å². The third-order valence-electron chi connectivity index (χ3n) is 2.42. The number of aromatic nitrogens is 1. The summed E-state index contributed by atoms with van der Waals surface area (Å²) >= 11 is 0. The number of allylic oxidation sites excluding steroid dienone is 1. The highest BCUT2D eigenvalue weighted by atomic mass is 32.2. The Labute approximate surface area is 110 Å². The van der Waals surface area contributed by atoms with Gasteiger partial charge < -0.3 is 10.8 Å². The van der Waals surface area contributed by atoms with Crippen LogP contribution in [0.1, 0.15) is 31.5 Å². The molecule has 0 aromatic carbocycles. The van der Waals surface area contributed by atoms with Crippen LogP contribution < -0.4 is 5.73 Å². The fraction of sp³-hybridized carbons (Fsp3) is 0.462. The largest absolute Gasteiger partial charge is 0.384 e.